The van der Waals surface area contributed by atoms with Gasteiger partial charge in [-0.25, -0.2) is 10.5 Å². The van der Waals surface area contributed by atoms with Crippen LogP contribution < -0.4 is 5.48 Å². The molecule has 2 N–H and O–H groups in total. The molecule has 1 fully saturated rings. The van der Waals surface area contributed by atoms with E-state index in [1.54, 1.807) is 28.9 Å². The second-order valence-corrected chi connectivity index (χ2v) is 8.86. The zero-order chi connectivity index (χ0) is 20.7. The average molecular weight is 420 g/mol. The molecule has 2 aromatic carbocycles. The molecule has 0 radical (unpaired) electrons. The third-order valence-electron chi connectivity index (χ3n) is 6.19. The smallest absolute Gasteiger partial charge is 0.274 e. The summed E-state index contributed by atoms with van der Waals surface area (Å²) >= 11 is 1.59. The highest BCUT2D eigenvalue weighted by Gasteiger charge is 2.50. The fourth-order valence-corrected chi connectivity index (χ4v) is 5.52. The lowest BCUT2D eigenvalue weighted by Gasteiger charge is -2.22. The highest BCUT2D eigenvalue weighted by molar-refractivity contribution is 7.13. The summed E-state index contributed by atoms with van der Waals surface area (Å²) in [6, 6.07) is 15.5. The lowest BCUT2D eigenvalue weighted by atomic mass is 9.83. The molecule has 1 saturated heterocycles. The molecule has 1 unspecified atom stereocenters. The maximum atomic E-state index is 13.4. The molecule has 1 spiro atoms. The molecule has 152 valence electrons. The summed E-state index contributed by atoms with van der Waals surface area (Å²) in [5, 5.41) is 12.0. The lowest BCUT2D eigenvalue weighted by molar-refractivity contribution is -0.136. The van der Waals surface area contributed by atoms with Crippen molar-refractivity contribution in [3.8, 4) is 10.6 Å². The van der Waals surface area contributed by atoms with E-state index in [0.29, 0.717) is 31.5 Å². The number of likely N-dealkylation sites (tertiary alicyclic amines) is 1. The Morgan fingerprint density at radius 3 is 2.80 bits per heavy atom. The molecule has 0 saturated carbocycles. The maximum Gasteiger partial charge on any atom is 0.274 e. The van der Waals surface area contributed by atoms with Crippen LogP contribution in [0.3, 0.4) is 0 Å². The number of hydrogen-bond donors (Lipinski definition) is 2. The van der Waals surface area contributed by atoms with Gasteiger partial charge in [-0.2, -0.15) is 0 Å². The van der Waals surface area contributed by atoms with Crippen molar-refractivity contribution in [2.45, 2.75) is 25.8 Å². The van der Waals surface area contributed by atoms with Crippen LogP contribution in [0.2, 0.25) is 0 Å². The van der Waals surface area contributed by atoms with E-state index >= 15 is 0 Å². The van der Waals surface area contributed by atoms with E-state index < -0.39 is 11.3 Å². The van der Waals surface area contributed by atoms with Crippen LogP contribution in [0, 0.1) is 5.41 Å². The van der Waals surface area contributed by atoms with Crippen LogP contribution in [0.15, 0.2) is 53.9 Å². The number of fused-ring (bicyclic) bond motifs is 1. The number of aromatic nitrogens is 1. The molecular weight excluding hydrogens is 398 g/mol. The highest BCUT2D eigenvalue weighted by atomic mass is 32.1. The Kier molecular flexibility index (Phi) is 4.64. The minimum atomic E-state index is -0.526. The first-order valence-electron chi connectivity index (χ1n) is 9.94. The number of hydroxylamine groups is 1. The number of hydrogen-bond acceptors (Lipinski definition) is 5. The topological polar surface area (TPSA) is 82.5 Å². The van der Waals surface area contributed by atoms with E-state index in [1.807, 2.05) is 46.7 Å². The number of nitrogens with zero attached hydrogens (tertiary/aromatic N) is 2. The van der Waals surface area contributed by atoms with Crippen molar-refractivity contribution in [3.05, 3.63) is 76.3 Å². The van der Waals surface area contributed by atoms with E-state index in [1.165, 1.54) is 0 Å². The van der Waals surface area contributed by atoms with Gasteiger partial charge in [-0.05, 0) is 36.5 Å². The zero-order valence-electron chi connectivity index (χ0n) is 16.3. The Morgan fingerprint density at radius 1 is 1.17 bits per heavy atom. The van der Waals surface area contributed by atoms with Crippen molar-refractivity contribution < 1.29 is 14.8 Å². The summed E-state index contributed by atoms with van der Waals surface area (Å²) in [4.78, 5) is 32.0. The summed E-state index contributed by atoms with van der Waals surface area (Å²) in [6.07, 6.45) is 1.93. The molecule has 1 aliphatic carbocycles. The number of thiazole rings is 1. The molecule has 30 heavy (non-hydrogen) atoms. The number of carbonyl (C=O) groups excluding carboxylic acids is 2. The van der Waals surface area contributed by atoms with Crippen molar-refractivity contribution in [1.82, 2.24) is 15.4 Å². The van der Waals surface area contributed by atoms with Gasteiger partial charge in [0.1, 0.15) is 5.01 Å². The Morgan fingerprint density at radius 2 is 2.00 bits per heavy atom. The molecule has 7 heteroatoms. The molecule has 0 bridgehead atoms. The van der Waals surface area contributed by atoms with E-state index in [0.717, 1.165) is 33.8 Å². The number of carbonyl (C=O) groups is 2. The van der Waals surface area contributed by atoms with Gasteiger partial charge in [0.05, 0.1) is 17.7 Å². The molecule has 2 aliphatic rings. The first-order chi connectivity index (χ1) is 14.6. The molecule has 1 aromatic heterocycles. The zero-order valence-corrected chi connectivity index (χ0v) is 17.1. The summed E-state index contributed by atoms with van der Waals surface area (Å²) in [5.41, 5.74) is 5.55. The Hall–Kier alpha value is -3.03. The molecule has 3 aromatic rings. The molecule has 1 atom stereocenters. The van der Waals surface area contributed by atoms with Crippen LogP contribution in [0.5, 0.6) is 0 Å². The molecule has 1 aliphatic heterocycles. The van der Waals surface area contributed by atoms with Gasteiger partial charge in [0.15, 0.2) is 0 Å². The first-order valence-corrected chi connectivity index (χ1v) is 10.8. The highest BCUT2D eigenvalue weighted by Crippen LogP contribution is 2.46. The average Bonchev–Trinajstić information content (AvgIpc) is 3.48. The number of rotatable bonds is 4. The fraction of sp³-hybridized carbons (Fsp3) is 0.261. The van der Waals surface area contributed by atoms with Gasteiger partial charge in [0, 0.05) is 23.1 Å². The van der Waals surface area contributed by atoms with Crippen molar-refractivity contribution in [2.75, 3.05) is 6.54 Å². The molecule has 5 rings (SSSR count). The second-order valence-electron chi connectivity index (χ2n) is 8.00. The van der Waals surface area contributed by atoms with Gasteiger partial charge in [0.2, 0.25) is 5.91 Å². The summed E-state index contributed by atoms with van der Waals surface area (Å²) < 4.78 is 0. The molecule has 2 amide bonds. The quantitative estimate of drug-likeness (QED) is 0.501. The number of benzene rings is 2. The van der Waals surface area contributed by atoms with E-state index in [2.05, 4.69) is 0 Å². The largest absolute Gasteiger partial charge is 0.336 e. The van der Waals surface area contributed by atoms with Crippen molar-refractivity contribution in [3.63, 3.8) is 0 Å². The normalized spacial score (nSPS) is 20.0. The van der Waals surface area contributed by atoms with Crippen LogP contribution >= 0.6 is 11.3 Å². The van der Waals surface area contributed by atoms with Crippen molar-refractivity contribution in [1.29, 1.82) is 0 Å². The van der Waals surface area contributed by atoms with Gasteiger partial charge in [0.25, 0.3) is 5.91 Å². The van der Waals surface area contributed by atoms with Crippen LogP contribution in [0.1, 0.15) is 33.6 Å². The van der Waals surface area contributed by atoms with Crippen LogP contribution in [-0.4, -0.2) is 33.5 Å². The molecule has 2 heterocycles. The number of nitrogens with one attached hydrogen (secondary N) is 1. The minimum Gasteiger partial charge on any atom is -0.336 e. The Balaban J connectivity index is 1.34. The summed E-state index contributed by atoms with van der Waals surface area (Å²) in [5.74, 6) is -0.398. The van der Waals surface area contributed by atoms with Crippen molar-refractivity contribution in [2.24, 2.45) is 5.41 Å². The summed E-state index contributed by atoms with van der Waals surface area (Å²) in [7, 11) is 0. The fourth-order valence-electron chi connectivity index (χ4n) is 4.71. The first kappa shape index (κ1) is 19.0. The molecular formula is C23H21N3O3S. The maximum absolute atomic E-state index is 13.4. The van der Waals surface area contributed by atoms with E-state index in [4.69, 9.17) is 10.2 Å². The van der Waals surface area contributed by atoms with E-state index in [9.17, 15) is 9.59 Å². The third kappa shape index (κ3) is 3.11. The number of amides is 2. The van der Waals surface area contributed by atoms with Crippen LogP contribution in [0.4, 0.5) is 0 Å². The summed E-state index contributed by atoms with van der Waals surface area (Å²) in [6.45, 7) is 1.19. The van der Waals surface area contributed by atoms with Gasteiger partial charge in [-0.15, -0.1) is 11.3 Å². The minimum absolute atomic E-state index is 0.128. The van der Waals surface area contributed by atoms with E-state index in [-0.39, 0.29) is 5.91 Å². The standard InChI is InChI=1S/C23H21N3O3S/c27-20(25-29)18-8-4-7-16-11-23(12-19(16)18)9-10-26(22(23)28)13-17-14-30-21(24-17)15-5-2-1-3-6-15/h1-8,14,29H,9-13H2,(H,25,27). The lowest BCUT2D eigenvalue weighted by Crippen LogP contribution is -2.35. The van der Waals surface area contributed by atoms with Crippen LogP contribution in [0.25, 0.3) is 10.6 Å². The monoisotopic (exact) mass is 419 g/mol. The Bertz CT molecular complexity index is 1130. The predicted octanol–water partition coefficient (Wildman–Crippen LogP) is 3.45. The van der Waals surface area contributed by atoms with Gasteiger partial charge >= 0.3 is 0 Å². The van der Waals surface area contributed by atoms with Crippen molar-refractivity contribution >= 4 is 23.2 Å². The SMILES string of the molecule is O=C(NO)c1cccc2c1CC1(CCN(Cc3csc(-c4ccccc4)n3)C1=O)C2. The predicted molar refractivity (Wildman–Crippen MR) is 113 cm³/mol. The van der Waals surface area contributed by atoms with Crippen LogP contribution in [-0.2, 0) is 24.2 Å². The van der Waals surface area contributed by atoms with Gasteiger partial charge in [-0.3, -0.25) is 14.8 Å². The third-order valence-corrected chi connectivity index (χ3v) is 7.13. The Labute approximate surface area is 178 Å². The van der Waals surface area contributed by atoms with Gasteiger partial charge in [-0.1, -0.05) is 42.5 Å². The molecule has 6 nitrogen and oxygen atoms in total. The van der Waals surface area contributed by atoms with Gasteiger partial charge < -0.3 is 4.90 Å². The second kappa shape index (κ2) is 7.34.